The van der Waals surface area contributed by atoms with Crippen LogP contribution in [0.25, 0.3) is 0 Å². The highest BCUT2D eigenvalue weighted by Crippen LogP contribution is 2.31. The Morgan fingerprint density at radius 2 is 2.40 bits per heavy atom. The van der Waals surface area contributed by atoms with Crippen molar-refractivity contribution in [1.29, 1.82) is 0 Å². The number of rotatable bonds is 1. The van der Waals surface area contributed by atoms with Gasteiger partial charge in [0.15, 0.2) is 0 Å². The van der Waals surface area contributed by atoms with Gasteiger partial charge in [-0.05, 0) is 30.8 Å². The van der Waals surface area contributed by atoms with E-state index >= 15 is 0 Å². The second kappa shape index (κ2) is 2.23. The largest absolute Gasteiger partial charge is 0.379 e. The average molecular weight is 154 g/mol. The van der Waals surface area contributed by atoms with E-state index in [1.54, 1.807) is 11.5 Å². The molecule has 10 heavy (non-hydrogen) atoms. The molecule has 0 radical (unpaired) electrons. The molecule has 1 aliphatic rings. The van der Waals surface area contributed by atoms with E-state index in [9.17, 15) is 0 Å². The molecule has 2 rings (SSSR count). The molecule has 1 aliphatic carbocycles. The van der Waals surface area contributed by atoms with E-state index in [4.69, 9.17) is 0 Å². The third kappa shape index (κ3) is 0.736. The Bertz CT molecular complexity index is 242. The summed E-state index contributed by atoms with van der Waals surface area (Å²) in [7, 11) is 1.96. The summed E-state index contributed by atoms with van der Waals surface area (Å²) < 4.78 is 4.35. The maximum atomic E-state index is 4.35. The first-order chi connectivity index (χ1) is 4.92. The number of anilines is 1. The number of hydrogen-bond acceptors (Lipinski definition) is 3. The molecule has 0 bridgehead atoms. The van der Waals surface area contributed by atoms with Gasteiger partial charge >= 0.3 is 0 Å². The van der Waals surface area contributed by atoms with E-state index in [1.165, 1.54) is 35.5 Å². The second-order valence-corrected chi connectivity index (χ2v) is 3.31. The van der Waals surface area contributed by atoms with Crippen LogP contribution in [-0.2, 0) is 12.8 Å². The first-order valence-electron chi connectivity index (χ1n) is 3.57. The molecule has 0 fully saturated rings. The van der Waals surface area contributed by atoms with Gasteiger partial charge in [-0.25, -0.2) is 0 Å². The highest BCUT2D eigenvalue weighted by molar-refractivity contribution is 7.10. The minimum Gasteiger partial charge on any atom is -0.379 e. The summed E-state index contributed by atoms with van der Waals surface area (Å²) in [5.74, 6) is 0. The third-order valence-corrected chi connectivity index (χ3v) is 2.88. The van der Waals surface area contributed by atoms with Gasteiger partial charge in [-0.1, -0.05) is 0 Å². The monoisotopic (exact) mass is 154 g/mol. The second-order valence-electron chi connectivity index (χ2n) is 2.54. The quantitative estimate of drug-likeness (QED) is 0.665. The molecule has 0 aliphatic heterocycles. The predicted molar refractivity (Wildman–Crippen MR) is 43.7 cm³/mol. The molecule has 0 aromatic carbocycles. The van der Waals surface area contributed by atoms with Gasteiger partial charge in [0.2, 0.25) is 0 Å². The summed E-state index contributed by atoms with van der Waals surface area (Å²) in [6.07, 6.45) is 3.70. The first kappa shape index (κ1) is 6.16. The summed E-state index contributed by atoms with van der Waals surface area (Å²) in [6, 6.07) is 0. The average Bonchev–Trinajstić information content (AvgIpc) is 2.44. The zero-order valence-electron chi connectivity index (χ0n) is 5.98. The Labute approximate surface area is 64.4 Å². The SMILES string of the molecule is CNc1snc2c1CCC2. The van der Waals surface area contributed by atoms with Crippen LogP contribution in [0, 0.1) is 0 Å². The molecule has 2 nitrogen and oxygen atoms in total. The van der Waals surface area contributed by atoms with Crippen molar-refractivity contribution in [3.05, 3.63) is 11.3 Å². The van der Waals surface area contributed by atoms with Crippen molar-refractivity contribution in [2.45, 2.75) is 19.3 Å². The highest BCUT2D eigenvalue weighted by Gasteiger charge is 2.17. The van der Waals surface area contributed by atoms with Crippen LogP contribution in [0.5, 0.6) is 0 Å². The molecule has 1 aromatic rings. The van der Waals surface area contributed by atoms with Gasteiger partial charge in [0, 0.05) is 12.6 Å². The zero-order chi connectivity index (χ0) is 6.97. The van der Waals surface area contributed by atoms with Crippen LogP contribution in [0.3, 0.4) is 0 Å². The van der Waals surface area contributed by atoms with E-state index in [0.29, 0.717) is 0 Å². The summed E-state index contributed by atoms with van der Waals surface area (Å²) in [5.41, 5.74) is 2.79. The van der Waals surface area contributed by atoms with Gasteiger partial charge in [-0.2, -0.15) is 4.37 Å². The Kier molecular flexibility index (Phi) is 1.38. The lowest BCUT2D eigenvalue weighted by Crippen LogP contribution is -1.87. The van der Waals surface area contributed by atoms with Crippen LogP contribution in [-0.4, -0.2) is 11.4 Å². The molecule has 1 heterocycles. The normalized spacial score (nSPS) is 15.3. The molecule has 0 atom stereocenters. The molecule has 0 saturated heterocycles. The van der Waals surface area contributed by atoms with Crippen molar-refractivity contribution >= 4 is 16.5 Å². The number of hydrogen-bond donors (Lipinski definition) is 1. The molecule has 3 heteroatoms. The van der Waals surface area contributed by atoms with E-state index < -0.39 is 0 Å². The smallest absolute Gasteiger partial charge is 0.112 e. The van der Waals surface area contributed by atoms with Gasteiger partial charge in [-0.3, -0.25) is 0 Å². The summed E-state index contributed by atoms with van der Waals surface area (Å²) in [5, 5.41) is 4.43. The van der Waals surface area contributed by atoms with Gasteiger partial charge in [0.25, 0.3) is 0 Å². The van der Waals surface area contributed by atoms with E-state index in [-0.39, 0.29) is 0 Å². The van der Waals surface area contributed by atoms with Crippen molar-refractivity contribution in [3.8, 4) is 0 Å². The number of nitrogens with zero attached hydrogens (tertiary/aromatic N) is 1. The Hall–Kier alpha value is -0.570. The molecule has 54 valence electrons. The molecule has 1 aromatic heterocycles. The molecular weight excluding hydrogens is 144 g/mol. The Morgan fingerprint density at radius 3 is 3.20 bits per heavy atom. The minimum absolute atomic E-state index is 1.19. The summed E-state index contributed by atoms with van der Waals surface area (Å²) in [6.45, 7) is 0. The Morgan fingerprint density at radius 1 is 1.50 bits per heavy atom. The van der Waals surface area contributed by atoms with Crippen molar-refractivity contribution in [1.82, 2.24) is 4.37 Å². The fraction of sp³-hybridized carbons (Fsp3) is 0.571. The maximum Gasteiger partial charge on any atom is 0.112 e. The van der Waals surface area contributed by atoms with Crippen LogP contribution < -0.4 is 5.32 Å². The summed E-state index contributed by atoms with van der Waals surface area (Å²) in [4.78, 5) is 0. The molecule has 0 saturated carbocycles. The number of nitrogens with one attached hydrogen (secondary N) is 1. The van der Waals surface area contributed by atoms with E-state index in [2.05, 4.69) is 9.69 Å². The number of aromatic nitrogens is 1. The van der Waals surface area contributed by atoms with Crippen molar-refractivity contribution in [3.63, 3.8) is 0 Å². The number of fused-ring (bicyclic) bond motifs is 1. The van der Waals surface area contributed by atoms with Crippen molar-refractivity contribution in [2.24, 2.45) is 0 Å². The lowest BCUT2D eigenvalue weighted by atomic mass is 10.3. The highest BCUT2D eigenvalue weighted by atomic mass is 32.1. The van der Waals surface area contributed by atoms with Crippen LogP contribution in [0.4, 0.5) is 5.00 Å². The van der Waals surface area contributed by atoms with Crippen LogP contribution in [0.1, 0.15) is 17.7 Å². The molecule has 1 N–H and O–H groups in total. The van der Waals surface area contributed by atoms with E-state index in [1.807, 2.05) is 7.05 Å². The molecule has 0 unspecified atom stereocenters. The summed E-state index contributed by atoms with van der Waals surface area (Å²) >= 11 is 1.59. The van der Waals surface area contributed by atoms with Gasteiger partial charge in [0.1, 0.15) is 5.00 Å². The predicted octanol–water partition coefficient (Wildman–Crippen LogP) is 1.67. The van der Waals surface area contributed by atoms with Gasteiger partial charge < -0.3 is 5.32 Å². The topological polar surface area (TPSA) is 24.9 Å². The van der Waals surface area contributed by atoms with E-state index in [0.717, 1.165) is 0 Å². The molecule has 0 spiro atoms. The van der Waals surface area contributed by atoms with Crippen LogP contribution in [0.15, 0.2) is 0 Å². The fourth-order valence-corrected chi connectivity index (χ4v) is 2.25. The number of aryl methyl sites for hydroxylation is 1. The lowest BCUT2D eigenvalue weighted by Gasteiger charge is -1.94. The van der Waals surface area contributed by atoms with Crippen molar-refractivity contribution in [2.75, 3.05) is 12.4 Å². The third-order valence-electron chi connectivity index (χ3n) is 1.94. The van der Waals surface area contributed by atoms with Crippen LogP contribution >= 0.6 is 11.5 Å². The Balaban J connectivity index is 2.44. The fourth-order valence-electron chi connectivity index (χ4n) is 1.43. The first-order valence-corrected chi connectivity index (χ1v) is 4.34. The van der Waals surface area contributed by atoms with Gasteiger partial charge in [0.05, 0.1) is 5.69 Å². The zero-order valence-corrected chi connectivity index (χ0v) is 6.79. The maximum absolute atomic E-state index is 4.35. The standard InChI is InChI=1S/C7H10N2S/c1-8-7-5-3-2-4-6(5)9-10-7/h8H,2-4H2,1H3. The van der Waals surface area contributed by atoms with Crippen molar-refractivity contribution < 1.29 is 0 Å². The lowest BCUT2D eigenvalue weighted by molar-refractivity contribution is 0.901. The molecular formula is C7H10N2S. The van der Waals surface area contributed by atoms with Crippen LogP contribution in [0.2, 0.25) is 0 Å². The minimum atomic E-state index is 1.19. The van der Waals surface area contributed by atoms with Gasteiger partial charge in [-0.15, -0.1) is 0 Å². The molecule has 0 amide bonds.